The molecule has 0 aliphatic rings. The molecule has 6 nitrogen and oxygen atoms in total. The molecule has 7 heteroatoms. The normalized spacial score (nSPS) is 10.8. The second-order valence-electron chi connectivity index (χ2n) is 4.24. The third-order valence-corrected chi connectivity index (χ3v) is 3.78. The van der Waals surface area contributed by atoms with E-state index in [1.165, 1.54) is 16.4 Å². The van der Waals surface area contributed by atoms with Crippen molar-refractivity contribution in [2.45, 2.75) is 17.8 Å². The summed E-state index contributed by atoms with van der Waals surface area (Å²) >= 11 is 1.47. The van der Waals surface area contributed by atoms with Crippen LogP contribution >= 0.6 is 11.8 Å². The van der Waals surface area contributed by atoms with Crippen molar-refractivity contribution in [1.29, 1.82) is 0 Å². The fourth-order valence-corrected chi connectivity index (χ4v) is 2.49. The number of nitrogens with two attached hydrogens (primary N) is 1. The number of thioether (sulfide) groups is 1. The molecule has 2 N–H and O–H groups in total. The minimum absolute atomic E-state index is 0.631. The van der Waals surface area contributed by atoms with Gasteiger partial charge in [-0.15, -0.1) is 10.2 Å². The van der Waals surface area contributed by atoms with Crippen LogP contribution in [0.4, 0.5) is 0 Å². The molecular weight excluding hydrogens is 274 g/mol. The van der Waals surface area contributed by atoms with Gasteiger partial charge in [0.25, 0.3) is 0 Å². The van der Waals surface area contributed by atoms with Gasteiger partial charge in [-0.05, 0) is 6.92 Å². The third kappa shape index (κ3) is 2.53. The van der Waals surface area contributed by atoms with Crippen LogP contribution in [0.25, 0.3) is 11.3 Å². The summed E-state index contributed by atoms with van der Waals surface area (Å²) in [6.45, 7) is 1.81. The monoisotopic (exact) mass is 287 g/mol. The zero-order valence-electron chi connectivity index (χ0n) is 10.9. The first kappa shape index (κ1) is 12.7. The summed E-state index contributed by atoms with van der Waals surface area (Å²) in [5.74, 6) is 7.86. The summed E-state index contributed by atoms with van der Waals surface area (Å²) in [5, 5.41) is 12.6. The quantitative estimate of drug-likeness (QED) is 0.585. The number of hydrogen-bond acceptors (Lipinski definition) is 6. The van der Waals surface area contributed by atoms with Gasteiger partial charge in [0.1, 0.15) is 5.82 Å². The van der Waals surface area contributed by atoms with Crippen molar-refractivity contribution in [2.24, 2.45) is 0 Å². The van der Waals surface area contributed by atoms with Gasteiger partial charge in [0, 0.05) is 17.4 Å². The lowest BCUT2D eigenvalue weighted by Crippen LogP contribution is -2.11. The average molecular weight is 287 g/mol. The molecule has 0 spiro atoms. The number of nitrogens with zero attached hydrogens (tertiary/aromatic N) is 4. The maximum Gasteiger partial charge on any atom is 0.210 e. The molecule has 0 atom stereocenters. The van der Waals surface area contributed by atoms with Crippen LogP contribution in [0.3, 0.4) is 0 Å². The van der Waals surface area contributed by atoms with Crippen LogP contribution in [0.2, 0.25) is 0 Å². The molecule has 0 saturated heterocycles. The van der Waals surface area contributed by atoms with Gasteiger partial charge in [0.05, 0.1) is 5.69 Å². The zero-order valence-corrected chi connectivity index (χ0v) is 11.7. The molecule has 20 heavy (non-hydrogen) atoms. The highest BCUT2D eigenvalue weighted by atomic mass is 32.2. The highest BCUT2D eigenvalue weighted by Crippen LogP contribution is 2.24. The molecule has 0 aliphatic heterocycles. The van der Waals surface area contributed by atoms with Gasteiger partial charge >= 0.3 is 0 Å². The number of nitrogen functional groups attached to an aromatic ring is 1. The second kappa shape index (κ2) is 5.38. The summed E-state index contributed by atoms with van der Waals surface area (Å²) in [7, 11) is 0. The molecule has 3 aromatic rings. The first-order valence-electron chi connectivity index (χ1n) is 6.05. The molecule has 0 unspecified atom stereocenters. The maximum atomic E-state index is 5.79. The van der Waals surface area contributed by atoms with E-state index in [1.807, 2.05) is 36.4 Å². The lowest BCUT2D eigenvalue weighted by Gasteiger charge is -1.98. The van der Waals surface area contributed by atoms with Crippen molar-refractivity contribution in [2.75, 3.05) is 5.84 Å². The van der Waals surface area contributed by atoms with E-state index < -0.39 is 0 Å². The Hall–Kier alpha value is -2.28. The number of aromatic nitrogens is 4. The Morgan fingerprint density at radius 1 is 1.25 bits per heavy atom. The van der Waals surface area contributed by atoms with Crippen molar-refractivity contribution < 1.29 is 4.52 Å². The largest absolute Gasteiger partial charge is 0.356 e. The van der Waals surface area contributed by atoms with E-state index in [9.17, 15) is 0 Å². The Labute approximate surface area is 120 Å². The summed E-state index contributed by atoms with van der Waals surface area (Å²) < 4.78 is 6.80. The van der Waals surface area contributed by atoms with Crippen LogP contribution < -0.4 is 5.84 Å². The van der Waals surface area contributed by atoms with E-state index in [1.54, 1.807) is 6.92 Å². The Kier molecular flexibility index (Phi) is 3.42. The summed E-state index contributed by atoms with van der Waals surface area (Å²) in [4.78, 5) is 0. The van der Waals surface area contributed by atoms with Crippen LogP contribution in [-0.2, 0) is 5.75 Å². The minimum Gasteiger partial charge on any atom is -0.356 e. The molecule has 1 aromatic carbocycles. The number of rotatable bonds is 4. The lowest BCUT2D eigenvalue weighted by molar-refractivity contribution is 0.426. The highest BCUT2D eigenvalue weighted by molar-refractivity contribution is 7.98. The molecule has 0 saturated carbocycles. The summed E-state index contributed by atoms with van der Waals surface area (Å²) in [5.41, 5.74) is 1.85. The van der Waals surface area contributed by atoms with Crippen molar-refractivity contribution in [3.8, 4) is 11.3 Å². The van der Waals surface area contributed by atoms with E-state index in [0.717, 1.165) is 17.0 Å². The van der Waals surface area contributed by atoms with Gasteiger partial charge in [0.2, 0.25) is 5.16 Å². The standard InChI is InChI=1S/C13H13N5OS/c1-9-15-16-13(18(9)14)20-8-11-7-12(19-17-11)10-5-3-2-4-6-10/h2-7H,8,14H2,1H3. The van der Waals surface area contributed by atoms with E-state index in [2.05, 4.69) is 15.4 Å². The van der Waals surface area contributed by atoms with Crippen LogP contribution in [0.1, 0.15) is 11.5 Å². The highest BCUT2D eigenvalue weighted by Gasteiger charge is 2.10. The van der Waals surface area contributed by atoms with E-state index in [0.29, 0.717) is 16.7 Å². The molecule has 2 heterocycles. The van der Waals surface area contributed by atoms with Crippen LogP contribution in [0.5, 0.6) is 0 Å². The molecule has 0 bridgehead atoms. The molecular formula is C13H13N5OS. The Morgan fingerprint density at radius 3 is 2.75 bits per heavy atom. The Bertz CT molecular complexity index is 707. The molecule has 0 radical (unpaired) electrons. The van der Waals surface area contributed by atoms with Crippen molar-refractivity contribution in [3.05, 3.63) is 47.9 Å². The number of benzene rings is 1. The predicted octanol–water partition coefficient (Wildman–Crippen LogP) is 2.25. The molecule has 0 fully saturated rings. The first-order chi connectivity index (χ1) is 9.74. The van der Waals surface area contributed by atoms with Gasteiger partial charge in [-0.3, -0.25) is 0 Å². The van der Waals surface area contributed by atoms with Gasteiger partial charge in [-0.1, -0.05) is 47.3 Å². The number of aryl methyl sites for hydroxylation is 1. The first-order valence-corrected chi connectivity index (χ1v) is 7.03. The molecule has 0 amide bonds. The van der Waals surface area contributed by atoms with Crippen LogP contribution in [0.15, 0.2) is 46.1 Å². The Balaban J connectivity index is 1.70. The van der Waals surface area contributed by atoms with Crippen LogP contribution in [-0.4, -0.2) is 20.0 Å². The van der Waals surface area contributed by atoms with Gasteiger partial charge in [0.15, 0.2) is 5.76 Å². The second-order valence-corrected chi connectivity index (χ2v) is 5.18. The molecule has 3 rings (SSSR count). The number of hydrogen-bond donors (Lipinski definition) is 1. The molecule has 0 aliphatic carbocycles. The lowest BCUT2D eigenvalue weighted by atomic mass is 10.2. The van der Waals surface area contributed by atoms with E-state index >= 15 is 0 Å². The van der Waals surface area contributed by atoms with Crippen molar-refractivity contribution in [3.63, 3.8) is 0 Å². The predicted molar refractivity (Wildman–Crippen MR) is 76.4 cm³/mol. The van der Waals surface area contributed by atoms with Gasteiger partial charge in [-0.2, -0.15) is 0 Å². The molecule has 2 aromatic heterocycles. The Morgan fingerprint density at radius 2 is 2.05 bits per heavy atom. The van der Waals surface area contributed by atoms with Gasteiger partial charge in [-0.25, -0.2) is 4.68 Å². The topological polar surface area (TPSA) is 82.8 Å². The van der Waals surface area contributed by atoms with Gasteiger partial charge < -0.3 is 10.4 Å². The SMILES string of the molecule is Cc1nnc(SCc2cc(-c3ccccc3)on2)n1N. The fraction of sp³-hybridized carbons (Fsp3) is 0.154. The zero-order chi connectivity index (χ0) is 13.9. The van der Waals surface area contributed by atoms with Crippen LogP contribution in [0, 0.1) is 6.92 Å². The average Bonchev–Trinajstić information content (AvgIpc) is 3.07. The van der Waals surface area contributed by atoms with E-state index in [4.69, 9.17) is 10.4 Å². The third-order valence-electron chi connectivity index (χ3n) is 2.80. The smallest absolute Gasteiger partial charge is 0.210 e. The minimum atomic E-state index is 0.631. The maximum absolute atomic E-state index is 5.79. The summed E-state index contributed by atoms with van der Waals surface area (Å²) in [6.07, 6.45) is 0. The van der Waals surface area contributed by atoms with Crippen molar-refractivity contribution in [1.82, 2.24) is 20.0 Å². The molecule has 102 valence electrons. The summed E-state index contributed by atoms with van der Waals surface area (Å²) in [6, 6.07) is 11.8. The van der Waals surface area contributed by atoms with E-state index in [-0.39, 0.29) is 0 Å². The fourth-order valence-electron chi connectivity index (χ4n) is 1.71. The van der Waals surface area contributed by atoms with Crippen molar-refractivity contribution >= 4 is 11.8 Å².